The van der Waals surface area contributed by atoms with Gasteiger partial charge in [0.1, 0.15) is 5.75 Å². The zero-order chi connectivity index (χ0) is 13.1. The number of aliphatic hydroxyl groups is 1. The second-order valence-corrected chi connectivity index (χ2v) is 3.90. The fraction of sp³-hybridized carbons (Fsp3) is 0.500. The summed E-state index contributed by atoms with van der Waals surface area (Å²) in [5.74, 6) is 0.650. The maximum atomic E-state index is 12.0. The van der Waals surface area contributed by atoms with Gasteiger partial charge in [0, 0.05) is 6.42 Å². The molecule has 0 aliphatic rings. The van der Waals surface area contributed by atoms with E-state index in [9.17, 15) is 18.3 Å². The van der Waals surface area contributed by atoms with Crippen molar-refractivity contribution in [2.75, 3.05) is 7.11 Å². The quantitative estimate of drug-likeness (QED) is 0.885. The average molecular weight is 248 g/mol. The molecule has 1 rings (SSSR count). The number of aliphatic hydroxyl groups excluding tert-OH is 1. The minimum absolute atomic E-state index is 0.324. The summed E-state index contributed by atoms with van der Waals surface area (Å²) in [6.07, 6.45) is -6.64. The van der Waals surface area contributed by atoms with Crippen LogP contribution in [0.25, 0.3) is 0 Å². The van der Waals surface area contributed by atoms with Gasteiger partial charge >= 0.3 is 6.18 Å². The Balaban J connectivity index is 2.69. The molecule has 96 valence electrons. The van der Waals surface area contributed by atoms with E-state index in [0.717, 1.165) is 5.56 Å². The minimum Gasteiger partial charge on any atom is -0.496 e. The van der Waals surface area contributed by atoms with E-state index in [-0.39, 0.29) is 6.42 Å². The number of rotatable bonds is 4. The van der Waals surface area contributed by atoms with E-state index in [1.165, 1.54) is 7.11 Å². The number of aryl methyl sites for hydroxylation is 1. The van der Waals surface area contributed by atoms with Crippen LogP contribution in [0.15, 0.2) is 18.2 Å². The molecule has 0 aliphatic carbocycles. The molecule has 17 heavy (non-hydrogen) atoms. The zero-order valence-electron chi connectivity index (χ0n) is 9.71. The Hall–Kier alpha value is -1.23. The minimum atomic E-state index is -4.23. The highest BCUT2D eigenvalue weighted by molar-refractivity contribution is 5.36. The predicted molar refractivity (Wildman–Crippen MR) is 58.0 cm³/mol. The van der Waals surface area contributed by atoms with Crippen molar-refractivity contribution in [1.29, 1.82) is 0 Å². The Labute approximate surface area is 98.0 Å². The van der Waals surface area contributed by atoms with E-state index >= 15 is 0 Å². The highest BCUT2D eigenvalue weighted by atomic mass is 19.4. The zero-order valence-corrected chi connectivity index (χ0v) is 9.71. The second-order valence-electron chi connectivity index (χ2n) is 3.90. The number of hydrogen-bond donors (Lipinski definition) is 1. The molecule has 0 aliphatic heterocycles. The van der Waals surface area contributed by atoms with Gasteiger partial charge in [-0.05, 0) is 36.6 Å². The molecule has 1 atom stereocenters. The summed E-state index contributed by atoms with van der Waals surface area (Å²) in [7, 11) is 1.52. The van der Waals surface area contributed by atoms with Crippen LogP contribution in [0.1, 0.15) is 30.1 Å². The summed E-state index contributed by atoms with van der Waals surface area (Å²) in [5.41, 5.74) is 1.27. The number of halogens is 3. The molecule has 0 heterocycles. The van der Waals surface area contributed by atoms with Crippen LogP contribution in [0.4, 0.5) is 13.2 Å². The predicted octanol–water partition coefficient (Wildman–Crippen LogP) is 3.38. The Bertz CT molecular complexity index is 375. The third-order valence-electron chi connectivity index (χ3n) is 2.50. The van der Waals surface area contributed by atoms with Crippen molar-refractivity contribution in [2.45, 2.75) is 32.0 Å². The van der Waals surface area contributed by atoms with Gasteiger partial charge in [0.25, 0.3) is 0 Å². The SMILES string of the molecule is COc1ccc(C(O)CCC(F)(F)F)cc1C. The topological polar surface area (TPSA) is 29.5 Å². The Morgan fingerprint density at radius 2 is 2.00 bits per heavy atom. The molecule has 1 N–H and O–H groups in total. The Kier molecular flexibility index (Phi) is 4.40. The monoisotopic (exact) mass is 248 g/mol. The van der Waals surface area contributed by atoms with Crippen molar-refractivity contribution in [2.24, 2.45) is 0 Å². The molecular weight excluding hydrogens is 233 g/mol. The summed E-state index contributed by atoms with van der Waals surface area (Å²) in [6, 6.07) is 4.86. The summed E-state index contributed by atoms with van der Waals surface area (Å²) in [4.78, 5) is 0. The molecule has 0 amide bonds. The van der Waals surface area contributed by atoms with Gasteiger partial charge in [0.15, 0.2) is 0 Å². The molecule has 0 fully saturated rings. The molecule has 0 bridgehead atoms. The van der Waals surface area contributed by atoms with Crippen molar-refractivity contribution in [3.05, 3.63) is 29.3 Å². The lowest BCUT2D eigenvalue weighted by atomic mass is 10.0. The van der Waals surface area contributed by atoms with E-state index in [2.05, 4.69) is 0 Å². The maximum Gasteiger partial charge on any atom is 0.389 e. The van der Waals surface area contributed by atoms with E-state index in [1.807, 2.05) is 0 Å². The molecule has 1 aromatic carbocycles. The molecule has 5 heteroatoms. The van der Waals surface area contributed by atoms with Gasteiger partial charge in [0.2, 0.25) is 0 Å². The van der Waals surface area contributed by atoms with E-state index in [0.29, 0.717) is 11.3 Å². The second kappa shape index (κ2) is 5.40. The first kappa shape index (κ1) is 13.8. The first-order valence-corrected chi connectivity index (χ1v) is 5.23. The smallest absolute Gasteiger partial charge is 0.389 e. The van der Waals surface area contributed by atoms with Crippen molar-refractivity contribution in [3.63, 3.8) is 0 Å². The lowest BCUT2D eigenvalue weighted by Crippen LogP contribution is -2.10. The van der Waals surface area contributed by atoms with Gasteiger partial charge in [0.05, 0.1) is 13.2 Å². The van der Waals surface area contributed by atoms with Crippen LogP contribution in [0.3, 0.4) is 0 Å². The van der Waals surface area contributed by atoms with Gasteiger partial charge in [-0.2, -0.15) is 13.2 Å². The highest BCUT2D eigenvalue weighted by Gasteiger charge is 2.28. The van der Waals surface area contributed by atoms with Crippen molar-refractivity contribution < 1.29 is 23.0 Å². The van der Waals surface area contributed by atoms with Gasteiger partial charge in [-0.3, -0.25) is 0 Å². The molecular formula is C12H15F3O2. The molecule has 0 saturated carbocycles. The van der Waals surface area contributed by atoms with Gasteiger partial charge in [-0.25, -0.2) is 0 Å². The van der Waals surface area contributed by atoms with E-state index in [4.69, 9.17) is 4.74 Å². The summed E-state index contributed by atoms with van der Waals surface area (Å²) in [6.45, 7) is 1.78. The number of hydrogen-bond acceptors (Lipinski definition) is 2. The molecule has 1 unspecified atom stereocenters. The van der Waals surface area contributed by atoms with Crippen molar-refractivity contribution in [3.8, 4) is 5.75 Å². The Morgan fingerprint density at radius 1 is 1.35 bits per heavy atom. The highest BCUT2D eigenvalue weighted by Crippen LogP contribution is 2.29. The largest absolute Gasteiger partial charge is 0.496 e. The van der Waals surface area contributed by atoms with Crippen LogP contribution in [0, 0.1) is 6.92 Å². The van der Waals surface area contributed by atoms with E-state index in [1.54, 1.807) is 25.1 Å². The van der Waals surface area contributed by atoms with Crippen molar-refractivity contribution in [1.82, 2.24) is 0 Å². The summed E-state index contributed by atoms with van der Waals surface area (Å²) >= 11 is 0. The molecule has 0 saturated heterocycles. The van der Waals surface area contributed by atoms with Gasteiger partial charge in [-0.15, -0.1) is 0 Å². The standard InChI is InChI=1S/C12H15F3O2/c1-8-7-9(3-4-11(8)17-2)10(16)5-6-12(13,14)15/h3-4,7,10,16H,5-6H2,1-2H3. The number of benzene rings is 1. The number of alkyl halides is 3. The fourth-order valence-electron chi connectivity index (χ4n) is 1.58. The fourth-order valence-corrected chi connectivity index (χ4v) is 1.58. The summed E-state index contributed by atoms with van der Waals surface area (Å²) < 4.78 is 41.0. The van der Waals surface area contributed by atoms with Crippen LogP contribution in [-0.4, -0.2) is 18.4 Å². The van der Waals surface area contributed by atoms with E-state index < -0.39 is 18.7 Å². The third kappa shape index (κ3) is 4.26. The number of ether oxygens (including phenoxy) is 1. The first-order valence-electron chi connectivity index (χ1n) is 5.23. The number of methoxy groups -OCH3 is 1. The summed E-state index contributed by atoms with van der Waals surface area (Å²) in [5, 5.41) is 9.63. The molecule has 0 aromatic heterocycles. The normalized spacial score (nSPS) is 13.5. The molecule has 2 nitrogen and oxygen atoms in total. The molecule has 0 radical (unpaired) electrons. The van der Waals surface area contributed by atoms with Crippen LogP contribution < -0.4 is 4.74 Å². The van der Waals surface area contributed by atoms with Crippen LogP contribution in [-0.2, 0) is 0 Å². The Morgan fingerprint density at radius 3 is 2.47 bits per heavy atom. The van der Waals surface area contributed by atoms with Crippen LogP contribution in [0.5, 0.6) is 5.75 Å². The van der Waals surface area contributed by atoms with Crippen LogP contribution >= 0.6 is 0 Å². The lowest BCUT2D eigenvalue weighted by molar-refractivity contribution is -0.140. The lowest BCUT2D eigenvalue weighted by Gasteiger charge is -2.14. The molecule has 0 spiro atoms. The van der Waals surface area contributed by atoms with Gasteiger partial charge in [-0.1, -0.05) is 6.07 Å². The molecule has 1 aromatic rings. The average Bonchev–Trinajstić information content (AvgIpc) is 2.24. The first-order chi connectivity index (χ1) is 7.83. The van der Waals surface area contributed by atoms with Gasteiger partial charge < -0.3 is 9.84 Å². The maximum absolute atomic E-state index is 12.0. The van der Waals surface area contributed by atoms with Crippen LogP contribution in [0.2, 0.25) is 0 Å². The third-order valence-corrected chi connectivity index (χ3v) is 2.50. The van der Waals surface area contributed by atoms with Crippen molar-refractivity contribution >= 4 is 0 Å².